The molecule has 0 radical (unpaired) electrons. The highest BCUT2D eigenvalue weighted by atomic mass is 16.5. The van der Waals surface area contributed by atoms with Crippen molar-refractivity contribution in [3.8, 4) is 5.75 Å². The fourth-order valence-electron chi connectivity index (χ4n) is 4.26. The normalized spacial score (nSPS) is 16.6. The third-order valence-electron chi connectivity index (χ3n) is 5.83. The molecule has 0 bridgehead atoms. The zero-order chi connectivity index (χ0) is 23.9. The number of anilines is 2. The average Bonchev–Trinajstić information content (AvgIpc) is 3.04. The number of methoxy groups -OCH3 is 1. The van der Waals surface area contributed by atoms with E-state index in [0.717, 1.165) is 18.4 Å². The Hall–Kier alpha value is -3.49. The van der Waals surface area contributed by atoms with Gasteiger partial charge < -0.3 is 20.1 Å². The Kier molecular flexibility index (Phi) is 7.72. The van der Waals surface area contributed by atoms with Gasteiger partial charge >= 0.3 is 0 Å². The van der Waals surface area contributed by atoms with E-state index < -0.39 is 0 Å². The van der Waals surface area contributed by atoms with Gasteiger partial charge in [-0.2, -0.15) is 0 Å². The van der Waals surface area contributed by atoms with E-state index in [-0.39, 0.29) is 24.3 Å². The number of nitrogens with zero attached hydrogens (tertiary/aromatic N) is 2. The third-order valence-corrected chi connectivity index (χ3v) is 5.83. The summed E-state index contributed by atoms with van der Waals surface area (Å²) in [6.45, 7) is 4.35. The van der Waals surface area contributed by atoms with E-state index >= 15 is 0 Å². The largest absolute Gasteiger partial charge is 0.497 e. The van der Waals surface area contributed by atoms with Crippen LogP contribution in [0.1, 0.15) is 12.5 Å². The Balaban J connectivity index is 1.40. The fourth-order valence-corrected chi connectivity index (χ4v) is 4.26. The molecule has 178 valence electrons. The number of carbonyl (C=O) groups is 2. The Morgan fingerprint density at radius 3 is 2.82 bits per heavy atom. The van der Waals surface area contributed by atoms with Gasteiger partial charge in [0.2, 0.25) is 11.8 Å². The highest BCUT2D eigenvalue weighted by molar-refractivity contribution is 5.99. The molecule has 1 fully saturated rings. The Bertz CT molecular complexity index is 1170. The minimum Gasteiger partial charge on any atom is -0.497 e. The first kappa shape index (κ1) is 23.7. The van der Waals surface area contributed by atoms with Gasteiger partial charge in [0.15, 0.2) is 0 Å². The molecule has 8 nitrogen and oxygen atoms in total. The first-order valence-electron chi connectivity index (χ1n) is 11.4. The van der Waals surface area contributed by atoms with Crippen LogP contribution in [0, 0.1) is 5.92 Å². The van der Waals surface area contributed by atoms with Gasteiger partial charge in [0.05, 0.1) is 38.2 Å². The summed E-state index contributed by atoms with van der Waals surface area (Å²) >= 11 is 0. The van der Waals surface area contributed by atoms with Gasteiger partial charge in [-0.3, -0.25) is 19.5 Å². The molecule has 1 atom stereocenters. The summed E-state index contributed by atoms with van der Waals surface area (Å²) in [5.41, 5.74) is 2.27. The van der Waals surface area contributed by atoms with Crippen molar-refractivity contribution in [2.45, 2.75) is 13.3 Å². The molecular formula is C26H30N4O4. The number of benzene rings is 2. The van der Waals surface area contributed by atoms with Gasteiger partial charge in [-0.25, -0.2) is 0 Å². The summed E-state index contributed by atoms with van der Waals surface area (Å²) in [7, 11) is 1.56. The van der Waals surface area contributed by atoms with E-state index in [2.05, 4.69) is 38.7 Å². The number of amides is 2. The lowest BCUT2D eigenvalue weighted by Gasteiger charge is -2.23. The molecule has 0 spiro atoms. The van der Waals surface area contributed by atoms with Crippen molar-refractivity contribution in [3.05, 3.63) is 60.4 Å². The van der Waals surface area contributed by atoms with E-state index in [1.54, 1.807) is 31.5 Å². The van der Waals surface area contributed by atoms with Crippen molar-refractivity contribution in [3.63, 3.8) is 0 Å². The number of hydrogen-bond acceptors (Lipinski definition) is 6. The van der Waals surface area contributed by atoms with Crippen molar-refractivity contribution in [2.24, 2.45) is 5.92 Å². The predicted molar refractivity (Wildman–Crippen MR) is 132 cm³/mol. The zero-order valence-electron chi connectivity index (χ0n) is 19.5. The van der Waals surface area contributed by atoms with Crippen molar-refractivity contribution >= 4 is 34.0 Å². The smallest absolute Gasteiger partial charge is 0.238 e. The van der Waals surface area contributed by atoms with Crippen LogP contribution in [0.2, 0.25) is 0 Å². The number of aromatic nitrogens is 1. The summed E-state index contributed by atoms with van der Waals surface area (Å²) < 4.78 is 11.1. The first-order valence-corrected chi connectivity index (χ1v) is 11.4. The average molecular weight is 463 g/mol. The summed E-state index contributed by atoms with van der Waals surface area (Å²) in [4.78, 5) is 30.8. The molecule has 2 N–H and O–H groups in total. The summed E-state index contributed by atoms with van der Waals surface area (Å²) in [5, 5.41) is 7.96. The van der Waals surface area contributed by atoms with E-state index in [1.165, 1.54) is 17.9 Å². The van der Waals surface area contributed by atoms with Gasteiger partial charge in [-0.1, -0.05) is 12.1 Å². The second-order valence-corrected chi connectivity index (χ2v) is 8.58. The topological polar surface area (TPSA) is 92.8 Å². The fraction of sp³-hybridized carbons (Fsp3) is 0.346. The summed E-state index contributed by atoms with van der Waals surface area (Å²) in [6, 6.07) is 13.6. The number of nitrogens with one attached hydrogen (secondary N) is 2. The lowest BCUT2D eigenvalue weighted by Crippen LogP contribution is -2.37. The molecular weight excluding hydrogens is 432 g/mol. The Morgan fingerprint density at radius 1 is 1.12 bits per heavy atom. The van der Waals surface area contributed by atoms with Crippen LogP contribution < -0.4 is 15.4 Å². The number of hydrogen-bond donors (Lipinski definition) is 2. The number of rotatable bonds is 7. The lowest BCUT2D eigenvalue weighted by atomic mass is 9.98. The number of carbonyl (C=O) groups excluding carboxylic acids is 2. The van der Waals surface area contributed by atoms with Gasteiger partial charge in [-0.05, 0) is 47.6 Å². The molecule has 0 aliphatic carbocycles. The molecule has 34 heavy (non-hydrogen) atoms. The van der Waals surface area contributed by atoms with Gasteiger partial charge in [0.25, 0.3) is 0 Å². The monoisotopic (exact) mass is 462 g/mol. The van der Waals surface area contributed by atoms with Crippen molar-refractivity contribution in [1.29, 1.82) is 0 Å². The maximum Gasteiger partial charge on any atom is 0.238 e. The van der Waals surface area contributed by atoms with Crippen LogP contribution in [-0.2, 0) is 20.7 Å². The third kappa shape index (κ3) is 6.30. The number of fused-ring (bicyclic) bond motifs is 1. The second kappa shape index (κ2) is 11.1. The minimum atomic E-state index is -0.211. The molecule has 2 aromatic carbocycles. The number of pyridine rings is 1. The quantitative estimate of drug-likeness (QED) is 0.560. The summed E-state index contributed by atoms with van der Waals surface area (Å²) in [6.07, 6.45) is 4.55. The molecule has 4 rings (SSSR count). The highest BCUT2D eigenvalue weighted by Crippen LogP contribution is 2.27. The zero-order valence-corrected chi connectivity index (χ0v) is 19.5. The standard InChI is InChI=1S/C26H30N4O4/c1-18(31)28-24-6-5-23(33-2)13-25(24)29-26(32)16-30-9-10-34-17-20(15-30)11-19-3-4-21-7-8-27-14-22(21)12-19/h3-8,12-14,20H,9-11,15-17H2,1-2H3,(H,28,31)(H,29,32)/t20-/m1/s1. The second-order valence-electron chi connectivity index (χ2n) is 8.58. The van der Waals surface area contributed by atoms with Crippen LogP contribution in [0.5, 0.6) is 5.75 Å². The molecule has 1 saturated heterocycles. The van der Waals surface area contributed by atoms with Crippen molar-refractivity contribution in [2.75, 3.05) is 50.6 Å². The van der Waals surface area contributed by atoms with Crippen LogP contribution in [0.4, 0.5) is 11.4 Å². The maximum atomic E-state index is 12.9. The molecule has 3 aromatic rings. The molecule has 1 aliphatic heterocycles. The van der Waals surface area contributed by atoms with Crippen molar-refractivity contribution < 1.29 is 19.1 Å². The highest BCUT2D eigenvalue weighted by Gasteiger charge is 2.21. The van der Waals surface area contributed by atoms with E-state index in [9.17, 15) is 9.59 Å². The molecule has 1 aliphatic rings. The molecule has 0 unspecified atom stereocenters. The van der Waals surface area contributed by atoms with Crippen LogP contribution in [0.15, 0.2) is 54.9 Å². The van der Waals surface area contributed by atoms with E-state index in [0.29, 0.717) is 36.9 Å². The van der Waals surface area contributed by atoms with Crippen molar-refractivity contribution in [1.82, 2.24) is 9.88 Å². The van der Waals surface area contributed by atoms with Crippen LogP contribution in [0.3, 0.4) is 0 Å². The molecule has 1 aromatic heterocycles. The predicted octanol–water partition coefficient (Wildman–Crippen LogP) is 3.33. The SMILES string of the molecule is COc1ccc(NC(C)=O)c(NC(=O)CN2CCOC[C@H](Cc3ccc4ccncc4c3)C2)c1. The van der Waals surface area contributed by atoms with Gasteiger partial charge in [0.1, 0.15) is 5.75 Å². The van der Waals surface area contributed by atoms with E-state index in [4.69, 9.17) is 9.47 Å². The van der Waals surface area contributed by atoms with Crippen LogP contribution >= 0.6 is 0 Å². The molecule has 2 amide bonds. The summed E-state index contributed by atoms with van der Waals surface area (Å²) in [5.74, 6) is 0.504. The Labute approximate surface area is 199 Å². The van der Waals surface area contributed by atoms with E-state index in [1.807, 2.05) is 12.3 Å². The lowest BCUT2D eigenvalue weighted by molar-refractivity contribution is -0.117. The first-order chi connectivity index (χ1) is 16.5. The van der Waals surface area contributed by atoms with Gasteiger partial charge in [-0.15, -0.1) is 0 Å². The van der Waals surface area contributed by atoms with Crippen LogP contribution in [0.25, 0.3) is 10.8 Å². The molecule has 8 heteroatoms. The molecule has 0 saturated carbocycles. The molecule has 2 heterocycles. The maximum absolute atomic E-state index is 12.9. The minimum absolute atomic E-state index is 0.155. The Morgan fingerprint density at radius 2 is 2.00 bits per heavy atom. The number of ether oxygens (including phenoxy) is 2. The van der Waals surface area contributed by atoms with Crippen LogP contribution in [-0.4, -0.2) is 61.7 Å². The van der Waals surface area contributed by atoms with Gasteiger partial charge in [0, 0.05) is 43.9 Å².